The molecule has 0 fully saturated rings. The van der Waals surface area contributed by atoms with Gasteiger partial charge in [0.25, 0.3) is 0 Å². The number of aliphatic hydroxyl groups is 1. The molecule has 1 atom stereocenters. The van der Waals surface area contributed by atoms with Crippen LogP contribution in [0.5, 0.6) is 5.88 Å². The number of aliphatic hydroxyl groups excluding tert-OH is 1. The van der Waals surface area contributed by atoms with Gasteiger partial charge in [-0.2, -0.15) is 5.26 Å². The van der Waals surface area contributed by atoms with Crippen molar-refractivity contribution in [2.24, 2.45) is 0 Å². The molecule has 0 aliphatic heterocycles. The summed E-state index contributed by atoms with van der Waals surface area (Å²) < 4.78 is 5.08. The van der Waals surface area contributed by atoms with Gasteiger partial charge in [0.15, 0.2) is 0 Å². The van der Waals surface area contributed by atoms with Gasteiger partial charge in [0.2, 0.25) is 5.88 Å². The Hall–Kier alpha value is -2.98. The van der Waals surface area contributed by atoms with Gasteiger partial charge < -0.3 is 9.84 Å². The summed E-state index contributed by atoms with van der Waals surface area (Å²) in [5.74, 6) is 0.267. The van der Waals surface area contributed by atoms with E-state index in [2.05, 4.69) is 4.98 Å². The number of nitro groups is 1. The first-order chi connectivity index (χ1) is 11.0. The van der Waals surface area contributed by atoms with Crippen LogP contribution in [0, 0.1) is 21.4 Å². The lowest BCUT2D eigenvalue weighted by Gasteiger charge is -2.07. The molecule has 0 aliphatic carbocycles. The van der Waals surface area contributed by atoms with Crippen molar-refractivity contribution in [2.45, 2.75) is 19.1 Å². The molecule has 0 radical (unpaired) electrons. The van der Waals surface area contributed by atoms with E-state index in [0.717, 1.165) is 11.1 Å². The highest BCUT2D eigenvalue weighted by molar-refractivity contribution is 5.61. The highest BCUT2D eigenvalue weighted by Crippen LogP contribution is 2.23. The van der Waals surface area contributed by atoms with Gasteiger partial charge in [-0.3, -0.25) is 10.1 Å². The zero-order valence-corrected chi connectivity index (χ0v) is 12.5. The second-order valence-electron chi connectivity index (χ2n) is 4.87. The molecule has 0 amide bonds. The summed E-state index contributed by atoms with van der Waals surface area (Å²) in [7, 11) is 1.46. The Balaban J connectivity index is 2.13. The van der Waals surface area contributed by atoms with Gasteiger partial charge in [0, 0.05) is 12.0 Å². The van der Waals surface area contributed by atoms with Crippen molar-refractivity contribution in [2.75, 3.05) is 7.11 Å². The van der Waals surface area contributed by atoms with Crippen molar-refractivity contribution in [3.05, 3.63) is 57.6 Å². The number of pyridine rings is 1. The molecule has 0 aliphatic rings. The normalized spacial score (nSPS) is 11.5. The van der Waals surface area contributed by atoms with Crippen molar-refractivity contribution >= 4 is 0 Å². The Morgan fingerprint density at radius 1 is 1.35 bits per heavy atom. The Kier molecular flexibility index (Phi) is 5.23. The van der Waals surface area contributed by atoms with Gasteiger partial charge >= 0.3 is 6.23 Å². The second-order valence-corrected chi connectivity index (χ2v) is 4.87. The van der Waals surface area contributed by atoms with E-state index in [1.54, 1.807) is 12.1 Å². The number of nitrogens with zero attached hydrogens (tertiary/aromatic N) is 3. The number of ether oxygens (including phenoxy) is 1. The molecule has 0 saturated heterocycles. The minimum atomic E-state index is -1.54. The number of aromatic nitrogens is 1. The van der Waals surface area contributed by atoms with E-state index in [9.17, 15) is 15.2 Å². The van der Waals surface area contributed by atoms with Crippen molar-refractivity contribution in [1.82, 2.24) is 4.98 Å². The van der Waals surface area contributed by atoms with E-state index in [4.69, 9.17) is 10.00 Å². The van der Waals surface area contributed by atoms with Crippen LogP contribution in [-0.4, -0.2) is 28.4 Å². The van der Waals surface area contributed by atoms with Gasteiger partial charge in [0.1, 0.15) is 11.6 Å². The van der Waals surface area contributed by atoms with Gasteiger partial charge in [-0.25, -0.2) is 4.98 Å². The van der Waals surface area contributed by atoms with Crippen molar-refractivity contribution in [3.63, 3.8) is 0 Å². The average Bonchev–Trinajstić information content (AvgIpc) is 2.59. The molecule has 118 valence electrons. The summed E-state index contributed by atoms with van der Waals surface area (Å²) in [5, 5.41) is 28.5. The van der Waals surface area contributed by atoms with Crippen LogP contribution in [0.25, 0.3) is 11.3 Å². The number of hydrogen-bond acceptors (Lipinski definition) is 6. The summed E-state index contributed by atoms with van der Waals surface area (Å²) in [6, 6.07) is 12.7. The number of nitriles is 1. The van der Waals surface area contributed by atoms with E-state index in [0.29, 0.717) is 17.7 Å². The summed E-state index contributed by atoms with van der Waals surface area (Å²) in [6.07, 6.45) is -1.07. The average molecular weight is 313 g/mol. The minimum Gasteiger partial charge on any atom is -0.480 e. The fourth-order valence-corrected chi connectivity index (χ4v) is 2.09. The van der Waals surface area contributed by atoms with Crippen LogP contribution >= 0.6 is 0 Å². The topological polar surface area (TPSA) is 109 Å². The molecule has 23 heavy (non-hydrogen) atoms. The molecule has 0 spiro atoms. The van der Waals surface area contributed by atoms with Gasteiger partial charge in [-0.1, -0.05) is 24.3 Å². The van der Waals surface area contributed by atoms with E-state index >= 15 is 0 Å². The molecular weight excluding hydrogens is 298 g/mol. The number of benzene rings is 1. The zero-order valence-electron chi connectivity index (χ0n) is 12.5. The molecular formula is C16H15N3O4. The molecule has 1 aromatic heterocycles. The van der Waals surface area contributed by atoms with Crippen LogP contribution in [0.2, 0.25) is 0 Å². The number of methoxy groups -OCH3 is 1. The standard InChI is InChI=1S/C16H15N3O4/c1-23-16-13(10-17)7-8-14(18-16)12-5-2-11(3-6-12)4-9-15(20)19(21)22/h2-3,5-8,15,20H,4,9H2,1H3. The third-order valence-corrected chi connectivity index (χ3v) is 3.36. The lowest BCUT2D eigenvalue weighted by molar-refractivity contribution is -0.571. The van der Waals surface area contributed by atoms with E-state index < -0.39 is 11.2 Å². The first-order valence-corrected chi connectivity index (χ1v) is 6.91. The van der Waals surface area contributed by atoms with Gasteiger partial charge in [0.05, 0.1) is 17.7 Å². The predicted octanol–water partition coefficient (Wildman–Crippen LogP) is 2.16. The zero-order chi connectivity index (χ0) is 16.8. The maximum atomic E-state index is 10.4. The summed E-state index contributed by atoms with van der Waals surface area (Å²) in [5.41, 5.74) is 2.75. The van der Waals surface area contributed by atoms with Crippen LogP contribution in [0.4, 0.5) is 0 Å². The molecule has 7 nitrogen and oxygen atoms in total. The predicted molar refractivity (Wildman–Crippen MR) is 82.3 cm³/mol. The molecule has 2 rings (SSSR count). The third kappa shape index (κ3) is 4.02. The van der Waals surface area contributed by atoms with Crippen molar-refractivity contribution < 1.29 is 14.8 Å². The maximum Gasteiger partial charge on any atom is 0.313 e. The second kappa shape index (κ2) is 7.33. The number of aryl methyl sites for hydroxylation is 1. The molecule has 1 heterocycles. The lowest BCUT2D eigenvalue weighted by Crippen LogP contribution is -2.18. The molecule has 1 unspecified atom stereocenters. The maximum absolute atomic E-state index is 10.4. The molecule has 1 N–H and O–H groups in total. The molecule has 2 aromatic rings. The third-order valence-electron chi connectivity index (χ3n) is 3.36. The van der Waals surface area contributed by atoms with Crippen molar-refractivity contribution in [1.29, 1.82) is 5.26 Å². The smallest absolute Gasteiger partial charge is 0.313 e. The Morgan fingerprint density at radius 2 is 2.04 bits per heavy atom. The first-order valence-electron chi connectivity index (χ1n) is 6.91. The van der Waals surface area contributed by atoms with Gasteiger partial charge in [-0.05, 0) is 24.1 Å². The summed E-state index contributed by atoms with van der Waals surface area (Å²) in [4.78, 5) is 14.0. The summed E-state index contributed by atoms with van der Waals surface area (Å²) in [6.45, 7) is 0. The van der Waals surface area contributed by atoms with E-state index in [1.165, 1.54) is 7.11 Å². The largest absolute Gasteiger partial charge is 0.480 e. The van der Waals surface area contributed by atoms with Gasteiger partial charge in [-0.15, -0.1) is 0 Å². The summed E-state index contributed by atoms with van der Waals surface area (Å²) >= 11 is 0. The highest BCUT2D eigenvalue weighted by Gasteiger charge is 2.14. The van der Waals surface area contributed by atoms with Crippen LogP contribution in [0.15, 0.2) is 36.4 Å². The quantitative estimate of drug-likeness (QED) is 0.497. The molecule has 7 heteroatoms. The first kappa shape index (κ1) is 16.4. The Morgan fingerprint density at radius 3 is 2.61 bits per heavy atom. The lowest BCUT2D eigenvalue weighted by atomic mass is 10.0. The van der Waals surface area contributed by atoms with E-state index in [1.807, 2.05) is 30.3 Å². The number of rotatable bonds is 6. The Labute approximate surface area is 132 Å². The van der Waals surface area contributed by atoms with Crippen LogP contribution < -0.4 is 4.74 Å². The van der Waals surface area contributed by atoms with Crippen molar-refractivity contribution in [3.8, 4) is 23.2 Å². The van der Waals surface area contributed by atoms with Crippen LogP contribution in [0.1, 0.15) is 17.5 Å². The monoisotopic (exact) mass is 313 g/mol. The van der Waals surface area contributed by atoms with Crippen LogP contribution in [-0.2, 0) is 6.42 Å². The minimum absolute atomic E-state index is 0.0648. The SMILES string of the molecule is COc1nc(-c2ccc(CCC(O)[N+](=O)[O-])cc2)ccc1C#N. The molecule has 1 aromatic carbocycles. The van der Waals surface area contributed by atoms with E-state index in [-0.39, 0.29) is 12.3 Å². The Bertz CT molecular complexity index is 738. The van der Waals surface area contributed by atoms with Crippen LogP contribution in [0.3, 0.4) is 0 Å². The highest BCUT2D eigenvalue weighted by atomic mass is 16.7. The molecule has 0 saturated carbocycles. The molecule has 0 bridgehead atoms. The number of hydrogen-bond donors (Lipinski definition) is 1. The fourth-order valence-electron chi connectivity index (χ4n) is 2.09. The fraction of sp³-hybridized carbons (Fsp3) is 0.250.